The predicted octanol–water partition coefficient (Wildman–Crippen LogP) is 3.85. The first-order valence-corrected chi connectivity index (χ1v) is 8.53. The molecule has 0 radical (unpaired) electrons. The minimum atomic E-state index is -0.248. The van der Waals surface area contributed by atoms with Gasteiger partial charge in [0.2, 0.25) is 0 Å². The lowest BCUT2D eigenvalue weighted by atomic mass is 10.1. The van der Waals surface area contributed by atoms with Gasteiger partial charge in [-0.2, -0.15) is 4.74 Å². The van der Waals surface area contributed by atoms with Crippen molar-refractivity contribution in [3.05, 3.63) is 41.1 Å². The van der Waals surface area contributed by atoms with E-state index < -0.39 is 0 Å². The van der Waals surface area contributed by atoms with Gasteiger partial charge in [0.15, 0.2) is 6.21 Å². The maximum absolute atomic E-state index is 12.7. The highest BCUT2D eigenvalue weighted by Crippen LogP contribution is 2.41. The van der Waals surface area contributed by atoms with Gasteiger partial charge in [-0.25, -0.2) is 0 Å². The van der Waals surface area contributed by atoms with Crippen LogP contribution in [0.25, 0.3) is 0 Å². The Labute approximate surface area is 136 Å². The molecule has 1 heterocycles. The number of unbranched alkanes of at least 4 members (excludes halogenated alkanes) is 1. The Hall–Kier alpha value is -1.07. The van der Waals surface area contributed by atoms with Crippen molar-refractivity contribution in [3.8, 4) is 0 Å². The highest BCUT2D eigenvalue weighted by atomic mass is 32.2. The van der Waals surface area contributed by atoms with Crippen molar-refractivity contribution in [2.75, 3.05) is 6.54 Å². The quantitative estimate of drug-likeness (QED) is 0.271. The maximum atomic E-state index is 12.7. The van der Waals surface area contributed by atoms with E-state index in [-0.39, 0.29) is 10.9 Å². The first kappa shape index (κ1) is 16.3. The third-order valence-electron chi connectivity index (χ3n) is 3.57. The topological polar surface area (TPSA) is 29.3 Å². The summed E-state index contributed by atoms with van der Waals surface area (Å²) in [6.07, 6.45) is 3.56. The Morgan fingerprint density at radius 3 is 2.67 bits per heavy atom. The summed E-state index contributed by atoms with van der Waals surface area (Å²) in [7, 11) is 0. The molecule has 2 rings (SSSR count). The molecule has 0 spiro atoms. The van der Waals surface area contributed by atoms with Crippen molar-refractivity contribution in [2.45, 2.75) is 44.5 Å². The van der Waals surface area contributed by atoms with E-state index in [0.29, 0.717) is 0 Å². The zero-order valence-electron chi connectivity index (χ0n) is 12.8. The number of hydrogen-bond acceptors (Lipinski definition) is 3. The third-order valence-corrected chi connectivity index (χ3v) is 5.20. The van der Waals surface area contributed by atoms with Crippen molar-refractivity contribution in [3.63, 3.8) is 0 Å². The molecule has 0 aliphatic carbocycles. The zero-order valence-corrected chi connectivity index (χ0v) is 14.4. The molecule has 1 fully saturated rings. The standard InChI is InChI=1S/C16H22N2OS2/c1-4-5-11-17-14(16(2,3)21-15(17)20)18(19)12-13-9-7-6-8-10-13/h6-10,12,14H,4-5,11H2,1-3H3/b18-12-/t14-/m1/s1. The van der Waals surface area contributed by atoms with Crippen LogP contribution in [0.4, 0.5) is 0 Å². The lowest BCUT2D eigenvalue weighted by molar-refractivity contribution is -0.523. The molecule has 1 aromatic rings. The maximum Gasteiger partial charge on any atom is 0.254 e. The van der Waals surface area contributed by atoms with Crippen LogP contribution in [-0.2, 0) is 0 Å². The van der Waals surface area contributed by atoms with Crippen LogP contribution in [0, 0.1) is 5.21 Å². The minimum absolute atomic E-state index is 0.210. The van der Waals surface area contributed by atoms with Gasteiger partial charge in [-0.3, -0.25) is 4.90 Å². The molecule has 1 aromatic carbocycles. The number of nitrogens with zero attached hydrogens (tertiary/aromatic N) is 2. The van der Waals surface area contributed by atoms with Gasteiger partial charge in [0.05, 0.1) is 0 Å². The first-order chi connectivity index (χ1) is 9.95. The fourth-order valence-corrected chi connectivity index (χ4v) is 4.48. The lowest BCUT2D eigenvalue weighted by Gasteiger charge is -2.29. The van der Waals surface area contributed by atoms with Crippen LogP contribution in [0.2, 0.25) is 0 Å². The lowest BCUT2D eigenvalue weighted by Crippen LogP contribution is -2.48. The summed E-state index contributed by atoms with van der Waals surface area (Å²) in [6.45, 7) is 7.17. The van der Waals surface area contributed by atoms with Gasteiger partial charge < -0.3 is 5.21 Å². The average Bonchev–Trinajstić information content (AvgIpc) is 2.66. The van der Waals surface area contributed by atoms with Crippen molar-refractivity contribution in [1.82, 2.24) is 4.90 Å². The molecule has 3 nitrogen and oxygen atoms in total. The van der Waals surface area contributed by atoms with Crippen LogP contribution in [0.3, 0.4) is 0 Å². The molecule has 0 aromatic heterocycles. The summed E-state index contributed by atoms with van der Waals surface area (Å²) in [5, 5.41) is 12.7. The largest absolute Gasteiger partial charge is 0.622 e. The highest BCUT2D eigenvalue weighted by Gasteiger charge is 2.50. The number of thiocarbonyl (C=S) groups is 1. The van der Waals surface area contributed by atoms with Crippen molar-refractivity contribution < 1.29 is 4.74 Å². The van der Waals surface area contributed by atoms with Crippen LogP contribution in [0.15, 0.2) is 30.3 Å². The van der Waals surface area contributed by atoms with Gasteiger partial charge in [0.25, 0.3) is 6.17 Å². The van der Waals surface area contributed by atoms with Crippen LogP contribution < -0.4 is 0 Å². The molecule has 1 atom stereocenters. The molecule has 1 saturated heterocycles. The molecule has 1 aliphatic rings. The van der Waals surface area contributed by atoms with E-state index in [2.05, 4.69) is 25.7 Å². The summed E-state index contributed by atoms with van der Waals surface area (Å²) in [6, 6.07) is 9.70. The molecule has 0 amide bonds. The first-order valence-electron chi connectivity index (χ1n) is 7.30. The van der Waals surface area contributed by atoms with Crippen LogP contribution in [0.1, 0.15) is 39.2 Å². The van der Waals surface area contributed by atoms with Gasteiger partial charge >= 0.3 is 0 Å². The van der Waals surface area contributed by atoms with Gasteiger partial charge in [0.1, 0.15) is 9.07 Å². The highest BCUT2D eigenvalue weighted by molar-refractivity contribution is 8.24. The molecular formula is C16H22N2OS2. The van der Waals surface area contributed by atoms with Gasteiger partial charge in [-0.1, -0.05) is 55.5 Å². The van der Waals surface area contributed by atoms with E-state index in [0.717, 1.165) is 34.0 Å². The molecule has 0 N–H and O–H groups in total. The summed E-state index contributed by atoms with van der Waals surface area (Å²) in [5.41, 5.74) is 0.918. The van der Waals surface area contributed by atoms with Crippen molar-refractivity contribution in [1.29, 1.82) is 0 Å². The molecule has 21 heavy (non-hydrogen) atoms. The third kappa shape index (κ3) is 3.77. The van der Waals surface area contributed by atoms with E-state index in [9.17, 15) is 5.21 Å². The van der Waals surface area contributed by atoms with Gasteiger partial charge in [-0.15, -0.1) is 0 Å². The summed E-state index contributed by atoms with van der Waals surface area (Å²) in [4.78, 5) is 2.08. The summed E-state index contributed by atoms with van der Waals surface area (Å²) < 4.78 is 1.69. The van der Waals surface area contributed by atoms with Gasteiger partial charge in [-0.05, 0) is 32.4 Å². The fraction of sp³-hybridized carbons (Fsp3) is 0.500. The fourth-order valence-electron chi connectivity index (χ4n) is 2.55. The molecule has 0 bridgehead atoms. The SMILES string of the molecule is CCCCN1C(=S)SC(C)(C)[C@H]1/[N+]([O-])=C/c1ccccc1. The summed E-state index contributed by atoms with van der Waals surface area (Å²) in [5.74, 6) is 0. The Bertz CT molecular complexity index is 528. The summed E-state index contributed by atoms with van der Waals surface area (Å²) >= 11 is 7.10. The molecule has 5 heteroatoms. The second-order valence-corrected chi connectivity index (χ2v) is 8.08. The smallest absolute Gasteiger partial charge is 0.254 e. The normalized spacial score (nSPS) is 21.9. The Balaban J connectivity index is 2.28. The molecule has 114 valence electrons. The molecule has 1 aliphatic heterocycles. The van der Waals surface area contributed by atoms with E-state index in [1.165, 1.54) is 0 Å². The monoisotopic (exact) mass is 322 g/mol. The van der Waals surface area contributed by atoms with E-state index in [1.807, 2.05) is 30.3 Å². The van der Waals surface area contributed by atoms with Crippen LogP contribution >= 0.6 is 24.0 Å². The minimum Gasteiger partial charge on any atom is -0.622 e. The molecule has 0 saturated carbocycles. The Kier molecular flexibility index (Phi) is 5.27. The van der Waals surface area contributed by atoms with E-state index in [1.54, 1.807) is 18.0 Å². The zero-order chi connectivity index (χ0) is 15.5. The predicted molar refractivity (Wildman–Crippen MR) is 94.9 cm³/mol. The molecule has 0 unspecified atom stereocenters. The number of hydrogen-bond donors (Lipinski definition) is 0. The number of hydroxylamine groups is 1. The van der Waals surface area contributed by atoms with E-state index in [4.69, 9.17) is 12.2 Å². The molecular weight excluding hydrogens is 300 g/mol. The Morgan fingerprint density at radius 1 is 1.38 bits per heavy atom. The number of rotatable bonds is 5. The van der Waals surface area contributed by atoms with Crippen LogP contribution in [0.5, 0.6) is 0 Å². The van der Waals surface area contributed by atoms with Crippen molar-refractivity contribution in [2.24, 2.45) is 0 Å². The van der Waals surface area contributed by atoms with E-state index >= 15 is 0 Å². The van der Waals surface area contributed by atoms with Crippen LogP contribution in [-0.4, -0.2) is 37.6 Å². The average molecular weight is 322 g/mol. The van der Waals surface area contributed by atoms with Crippen molar-refractivity contribution >= 4 is 34.5 Å². The number of thioether (sulfide) groups is 1. The second kappa shape index (κ2) is 6.79. The second-order valence-electron chi connectivity index (χ2n) is 5.79. The van der Waals surface area contributed by atoms with Gasteiger partial charge in [0, 0.05) is 12.1 Å². The Morgan fingerprint density at radius 2 is 2.05 bits per heavy atom. The number of benzene rings is 1.